The molecule has 4 aromatic rings. The number of benzene rings is 1. The van der Waals surface area contributed by atoms with Crippen molar-refractivity contribution in [2.75, 3.05) is 26.0 Å². The van der Waals surface area contributed by atoms with Gasteiger partial charge < -0.3 is 10.2 Å². The van der Waals surface area contributed by atoms with E-state index in [0.29, 0.717) is 23.8 Å². The highest BCUT2D eigenvalue weighted by atomic mass is 32.1. The van der Waals surface area contributed by atoms with Crippen LogP contribution in [0.15, 0.2) is 53.2 Å². The van der Waals surface area contributed by atoms with Gasteiger partial charge in [0.2, 0.25) is 0 Å². The highest BCUT2D eigenvalue weighted by Crippen LogP contribution is 2.22. The maximum atomic E-state index is 13.6. The van der Waals surface area contributed by atoms with Crippen molar-refractivity contribution < 1.29 is 4.39 Å². The SMILES string of the molecule is CN(C)C(CNc1ccc2nnc(-c3ccsc3)n2n1)c1cccc(F)c1. The third kappa shape index (κ3) is 3.67. The Labute approximate surface area is 160 Å². The van der Waals surface area contributed by atoms with Crippen molar-refractivity contribution in [2.45, 2.75) is 6.04 Å². The van der Waals surface area contributed by atoms with E-state index in [1.54, 1.807) is 28.0 Å². The van der Waals surface area contributed by atoms with Crippen molar-refractivity contribution >= 4 is 22.8 Å². The molecule has 0 radical (unpaired) electrons. The van der Waals surface area contributed by atoms with Crippen LogP contribution in [0.4, 0.5) is 10.2 Å². The Morgan fingerprint density at radius 1 is 1.19 bits per heavy atom. The Bertz CT molecular complexity index is 1040. The highest BCUT2D eigenvalue weighted by molar-refractivity contribution is 7.08. The molecule has 0 amide bonds. The van der Waals surface area contributed by atoms with Crippen molar-refractivity contribution in [1.82, 2.24) is 24.7 Å². The fraction of sp³-hybridized carbons (Fsp3) is 0.211. The smallest absolute Gasteiger partial charge is 0.186 e. The molecule has 0 aliphatic heterocycles. The summed E-state index contributed by atoms with van der Waals surface area (Å²) in [5.41, 5.74) is 2.59. The second-order valence-corrected chi connectivity index (χ2v) is 7.22. The third-order valence-corrected chi connectivity index (χ3v) is 5.06. The van der Waals surface area contributed by atoms with Gasteiger partial charge in [0.1, 0.15) is 11.6 Å². The molecular weight excluding hydrogens is 363 g/mol. The molecule has 0 aliphatic carbocycles. The molecule has 0 spiro atoms. The van der Waals surface area contributed by atoms with E-state index in [0.717, 1.165) is 11.1 Å². The van der Waals surface area contributed by atoms with Crippen LogP contribution in [0.3, 0.4) is 0 Å². The molecule has 0 bridgehead atoms. The van der Waals surface area contributed by atoms with Crippen LogP contribution in [0, 0.1) is 5.82 Å². The molecule has 1 N–H and O–H groups in total. The zero-order valence-electron chi connectivity index (χ0n) is 15.0. The summed E-state index contributed by atoms with van der Waals surface area (Å²) in [7, 11) is 3.95. The summed E-state index contributed by atoms with van der Waals surface area (Å²) >= 11 is 1.61. The van der Waals surface area contributed by atoms with Crippen molar-refractivity contribution in [3.05, 3.63) is 64.6 Å². The van der Waals surface area contributed by atoms with Crippen LogP contribution >= 0.6 is 11.3 Å². The van der Waals surface area contributed by atoms with Gasteiger partial charge in [-0.05, 0) is 55.4 Å². The Hall–Kier alpha value is -2.84. The predicted molar refractivity (Wildman–Crippen MR) is 105 cm³/mol. The lowest BCUT2D eigenvalue weighted by molar-refractivity contribution is 0.311. The van der Waals surface area contributed by atoms with E-state index in [-0.39, 0.29) is 11.9 Å². The van der Waals surface area contributed by atoms with Crippen LogP contribution in [-0.4, -0.2) is 45.4 Å². The van der Waals surface area contributed by atoms with E-state index in [1.165, 1.54) is 6.07 Å². The molecule has 4 rings (SSSR count). The fourth-order valence-corrected chi connectivity index (χ4v) is 3.60. The number of thiophene rings is 1. The molecule has 138 valence electrons. The van der Waals surface area contributed by atoms with E-state index in [4.69, 9.17) is 0 Å². The molecule has 0 fully saturated rings. The van der Waals surface area contributed by atoms with Crippen molar-refractivity contribution in [2.24, 2.45) is 0 Å². The van der Waals surface area contributed by atoms with Gasteiger partial charge in [-0.3, -0.25) is 0 Å². The van der Waals surface area contributed by atoms with E-state index in [9.17, 15) is 4.39 Å². The standard InChI is InChI=1S/C19H19FN6S/c1-25(2)16(13-4-3-5-15(20)10-13)11-21-17-6-7-18-22-23-19(26(18)24-17)14-8-9-27-12-14/h3-10,12,16H,11H2,1-2H3,(H,21,24). The number of aromatic nitrogens is 4. The minimum absolute atomic E-state index is 0.00968. The van der Waals surface area contributed by atoms with Gasteiger partial charge >= 0.3 is 0 Å². The molecule has 1 aromatic carbocycles. The van der Waals surface area contributed by atoms with Gasteiger partial charge in [-0.25, -0.2) is 4.39 Å². The number of nitrogens with one attached hydrogen (secondary N) is 1. The second-order valence-electron chi connectivity index (χ2n) is 6.44. The Balaban J connectivity index is 1.58. The summed E-state index contributed by atoms with van der Waals surface area (Å²) < 4.78 is 15.3. The van der Waals surface area contributed by atoms with Gasteiger partial charge in [-0.15, -0.1) is 15.3 Å². The van der Waals surface area contributed by atoms with Gasteiger partial charge in [0, 0.05) is 17.5 Å². The van der Waals surface area contributed by atoms with E-state index >= 15 is 0 Å². The number of hydrogen-bond acceptors (Lipinski definition) is 6. The molecule has 3 aromatic heterocycles. The number of likely N-dealkylation sites (N-methyl/N-ethyl adjacent to an activating group) is 1. The van der Waals surface area contributed by atoms with E-state index in [1.807, 2.05) is 49.1 Å². The lowest BCUT2D eigenvalue weighted by atomic mass is 10.1. The Kier molecular flexibility index (Phi) is 4.83. The first-order valence-electron chi connectivity index (χ1n) is 8.52. The molecule has 0 aliphatic rings. The van der Waals surface area contributed by atoms with Gasteiger partial charge in [-0.2, -0.15) is 15.9 Å². The average molecular weight is 382 g/mol. The molecule has 6 nitrogen and oxygen atoms in total. The normalized spacial score (nSPS) is 12.6. The molecule has 1 unspecified atom stereocenters. The molecule has 3 heterocycles. The zero-order valence-corrected chi connectivity index (χ0v) is 15.8. The first-order chi connectivity index (χ1) is 13.1. The lowest BCUT2D eigenvalue weighted by Crippen LogP contribution is -2.27. The molecule has 1 atom stereocenters. The fourth-order valence-electron chi connectivity index (χ4n) is 2.97. The van der Waals surface area contributed by atoms with Gasteiger partial charge in [0.25, 0.3) is 0 Å². The van der Waals surface area contributed by atoms with Crippen LogP contribution in [0.2, 0.25) is 0 Å². The summed E-state index contributed by atoms with van der Waals surface area (Å²) in [6.45, 7) is 0.588. The number of nitrogens with zero attached hydrogens (tertiary/aromatic N) is 5. The average Bonchev–Trinajstić information content (AvgIpc) is 3.30. The van der Waals surface area contributed by atoms with Crippen LogP contribution in [0.5, 0.6) is 0 Å². The summed E-state index contributed by atoms with van der Waals surface area (Å²) in [6.07, 6.45) is 0. The first kappa shape index (κ1) is 17.6. The number of hydrogen-bond donors (Lipinski definition) is 1. The van der Waals surface area contributed by atoms with Crippen molar-refractivity contribution in [3.63, 3.8) is 0 Å². The maximum absolute atomic E-state index is 13.6. The van der Waals surface area contributed by atoms with Crippen LogP contribution in [0.25, 0.3) is 17.0 Å². The Morgan fingerprint density at radius 2 is 2.07 bits per heavy atom. The molecular formula is C19H19FN6S. The summed E-state index contributed by atoms with van der Waals surface area (Å²) in [4.78, 5) is 2.05. The Morgan fingerprint density at radius 3 is 2.81 bits per heavy atom. The second kappa shape index (κ2) is 7.42. The van der Waals surface area contributed by atoms with Gasteiger partial charge in [0.05, 0.1) is 6.04 Å². The minimum Gasteiger partial charge on any atom is -0.367 e. The minimum atomic E-state index is -0.233. The highest BCUT2D eigenvalue weighted by Gasteiger charge is 2.16. The third-order valence-electron chi connectivity index (χ3n) is 4.38. The summed E-state index contributed by atoms with van der Waals surface area (Å²) in [5.74, 6) is 1.19. The number of anilines is 1. The van der Waals surface area contributed by atoms with Crippen molar-refractivity contribution in [1.29, 1.82) is 0 Å². The molecule has 8 heteroatoms. The monoisotopic (exact) mass is 382 g/mol. The quantitative estimate of drug-likeness (QED) is 0.551. The molecule has 0 saturated heterocycles. The summed E-state index contributed by atoms with van der Waals surface area (Å²) in [6, 6.07) is 12.4. The zero-order chi connectivity index (χ0) is 18.8. The number of fused-ring (bicyclic) bond motifs is 1. The van der Waals surface area contributed by atoms with E-state index < -0.39 is 0 Å². The maximum Gasteiger partial charge on any atom is 0.186 e. The van der Waals surface area contributed by atoms with E-state index in [2.05, 4.69) is 25.5 Å². The molecule has 27 heavy (non-hydrogen) atoms. The van der Waals surface area contributed by atoms with Crippen molar-refractivity contribution in [3.8, 4) is 11.4 Å². The number of rotatable bonds is 6. The lowest BCUT2D eigenvalue weighted by Gasteiger charge is -2.25. The first-order valence-corrected chi connectivity index (χ1v) is 9.47. The van der Waals surface area contributed by atoms with Crippen LogP contribution in [0.1, 0.15) is 11.6 Å². The number of halogens is 1. The van der Waals surface area contributed by atoms with Gasteiger partial charge in [0.15, 0.2) is 11.5 Å². The van der Waals surface area contributed by atoms with Crippen LogP contribution in [-0.2, 0) is 0 Å². The van der Waals surface area contributed by atoms with Crippen LogP contribution < -0.4 is 5.32 Å². The van der Waals surface area contributed by atoms with Gasteiger partial charge in [-0.1, -0.05) is 12.1 Å². The topological polar surface area (TPSA) is 58.3 Å². The predicted octanol–water partition coefficient (Wildman–Crippen LogP) is 3.71. The molecule has 0 saturated carbocycles. The largest absolute Gasteiger partial charge is 0.367 e. The summed E-state index contributed by atoms with van der Waals surface area (Å²) in [5, 5.41) is 20.4.